The number of nitrogens with zero attached hydrogens (tertiary/aromatic N) is 1. The second kappa shape index (κ2) is 5.02. The molecule has 4 nitrogen and oxygen atoms in total. The van der Waals surface area contributed by atoms with E-state index in [4.69, 9.17) is 6.42 Å². The summed E-state index contributed by atoms with van der Waals surface area (Å²) in [5.41, 5.74) is -0.776. The fourth-order valence-corrected chi connectivity index (χ4v) is 1.76. The molecule has 1 fully saturated rings. The molecule has 2 amide bonds. The van der Waals surface area contributed by atoms with E-state index in [0.717, 1.165) is 0 Å². The second-order valence-electron chi connectivity index (χ2n) is 4.23. The van der Waals surface area contributed by atoms with Gasteiger partial charge in [0.2, 0.25) is 11.8 Å². The molecule has 1 unspecified atom stereocenters. The van der Waals surface area contributed by atoms with E-state index >= 15 is 0 Å². The highest BCUT2D eigenvalue weighted by Gasteiger charge is 2.38. The number of hydrogen-bond donors (Lipinski definition) is 1. The average molecular weight is 222 g/mol. The maximum Gasteiger partial charge on any atom is 0.248 e. The second-order valence-corrected chi connectivity index (χ2v) is 4.23. The molecule has 0 saturated carbocycles. The first-order chi connectivity index (χ1) is 7.53. The number of carbonyl (C=O) groups is 2. The zero-order valence-corrected chi connectivity index (χ0v) is 9.88. The van der Waals surface area contributed by atoms with Crippen LogP contribution in [-0.2, 0) is 9.59 Å². The Morgan fingerprint density at radius 1 is 1.56 bits per heavy atom. The molecule has 0 aliphatic carbocycles. The summed E-state index contributed by atoms with van der Waals surface area (Å²) in [6.45, 7) is 4.64. The zero-order valence-electron chi connectivity index (χ0n) is 9.88. The first-order valence-corrected chi connectivity index (χ1v) is 5.57. The third-order valence-electron chi connectivity index (χ3n) is 3.02. The van der Waals surface area contributed by atoms with Crippen molar-refractivity contribution in [3.63, 3.8) is 0 Å². The van der Waals surface area contributed by atoms with E-state index in [2.05, 4.69) is 11.2 Å². The SMILES string of the molecule is C#CCCN1CCC(=O)NC(C)(CC)C1=O. The van der Waals surface area contributed by atoms with Gasteiger partial charge in [-0.05, 0) is 13.3 Å². The molecular formula is C12H18N2O2. The monoisotopic (exact) mass is 222 g/mol. The molecule has 1 heterocycles. The van der Waals surface area contributed by atoms with Crippen LogP contribution < -0.4 is 5.32 Å². The standard InChI is InChI=1S/C12H18N2O2/c1-4-6-8-14-9-7-10(15)13-12(3,5-2)11(14)16/h1H,5-9H2,2-3H3,(H,13,15). The topological polar surface area (TPSA) is 49.4 Å². The fraction of sp³-hybridized carbons (Fsp3) is 0.667. The quantitative estimate of drug-likeness (QED) is 0.708. The third kappa shape index (κ3) is 2.54. The van der Waals surface area contributed by atoms with Crippen LogP contribution in [0.1, 0.15) is 33.1 Å². The summed E-state index contributed by atoms with van der Waals surface area (Å²) in [7, 11) is 0. The number of hydrogen-bond acceptors (Lipinski definition) is 2. The van der Waals surface area contributed by atoms with Crippen molar-refractivity contribution in [3.8, 4) is 12.3 Å². The van der Waals surface area contributed by atoms with Gasteiger partial charge in [0.05, 0.1) is 0 Å². The van der Waals surface area contributed by atoms with Crippen molar-refractivity contribution in [2.24, 2.45) is 0 Å². The Labute approximate surface area is 96.4 Å². The Balaban J connectivity index is 2.84. The normalized spacial score (nSPS) is 25.9. The lowest BCUT2D eigenvalue weighted by molar-refractivity contribution is -0.138. The molecule has 0 bridgehead atoms. The Hall–Kier alpha value is -1.50. The maximum absolute atomic E-state index is 12.2. The zero-order chi connectivity index (χ0) is 12.2. The molecule has 1 aliphatic heterocycles. The average Bonchev–Trinajstić information content (AvgIpc) is 2.37. The molecule has 88 valence electrons. The molecule has 1 atom stereocenters. The Morgan fingerprint density at radius 2 is 2.25 bits per heavy atom. The van der Waals surface area contributed by atoms with Crippen molar-refractivity contribution in [2.75, 3.05) is 13.1 Å². The Bertz CT molecular complexity index is 332. The lowest BCUT2D eigenvalue weighted by Crippen LogP contribution is -2.54. The van der Waals surface area contributed by atoms with Crippen LogP contribution in [0.3, 0.4) is 0 Å². The maximum atomic E-state index is 12.2. The summed E-state index contributed by atoms with van der Waals surface area (Å²) in [5, 5.41) is 2.78. The van der Waals surface area contributed by atoms with Gasteiger partial charge in [0, 0.05) is 25.9 Å². The predicted molar refractivity (Wildman–Crippen MR) is 61.5 cm³/mol. The molecular weight excluding hydrogens is 204 g/mol. The van der Waals surface area contributed by atoms with Gasteiger partial charge in [-0.25, -0.2) is 0 Å². The molecule has 0 radical (unpaired) electrons. The van der Waals surface area contributed by atoms with Crippen LogP contribution in [0.2, 0.25) is 0 Å². The van der Waals surface area contributed by atoms with Crippen LogP contribution in [0.4, 0.5) is 0 Å². The van der Waals surface area contributed by atoms with Crippen LogP contribution >= 0.6 is 0 Å². The van der Waals surface area contributed by atoms with Crippen LogP contribution in [0.5, 0.6) is 0 Å². The van der Waals surface area contributed by atoms with Crippen molar-refractivity contribution in [1.82, 2.24) is 10.2 Å². The van der Waals surface area contributed by atoms with Crippen LogP contribution in [0.15, 0.2) is 0 Å². The smallest absolute Gasteiger partial charge is 0.248 e. The number of rotatable bonds is 3. The first-order valence-electron chi connectivity index (χ1n) is 5.57. The van der Waals surface area contributed by atoms with Gasteiger partial charge < -0.3 is 10.2 Å². The summed E-state index contributed by atoms with van der Waals surface area (Å²) in [6.07, 6.45) is 6.66. The highest BCUT2D eigenvalue weighted by Crippen LogP contribution is 2.17. The van der Waals surface area contributed by atoms with E-state index < -0.39 is 5.54 Å². The number of nitrogens with one attached hydrogen (secondary N) is 1. The first kappa shape index (κ1) is 12.6. The van der Waals surface area contributed by atoms with E-state index in [1.54, 1.807) is 11.8 Å². The highest BCUT2D eigenvalue weighted by molar-refractivity contribution is 5.93. The fourth-order valence-electron chi connectivity index (χ4n) is 1.76. The lowest BCUT2D eigenvalue weighted by Gasteiger charge is -2.30. The van der Waals surface area contributed by atoms with E-state index in [0.29, 0.717) is 32.4 Å². The van der Waals surface area contributed by atoms with Gasteiger partial charge in [0.1, 0.15) is 5.54 Å². The van der Waals surface area contributed by atoms with Gasteiger partial charge in [-0.15, -0.1) is 12.3 Å². The van der Waals surface area contributed by atoms with Gasteiger partial charge in [-0.3, -0.25) is 9.59 Å². The number of carbonyl (C=O) groups excluding carboxylic acids is 2. The van der Waals surface area contributed by atoms with Crippen molar-refractivity contribution < 1.29 is 9.59 Å². The van der Waals surface area contributed by atoms with Gasteiger partial charge in [0.15, 0.2) is 0 Å². The van der Waals surface area contributed by atoms with E-state index in [1.165, 1.54) is 0 Å². The lowest BCUT2D eigenvalue weighted by atomic mass is 9.97. The van der Waals surface area contributed by atoms with Gasteiger partial charge in [0.25, 0.3) is 0 Å². The Kier molecular flexibility index (Phi) is 3.94. The van der Waals surface area contributed by atoms with Crippen molar-refractivity contribution in [1.29, 1.82) is 0 Å². The van der Waals surface area contributed by atoms with E-state index in [-0.39, 0.29) is 11.8 Å². The van der Waals surface area contributed by atoms with Crippen LogP contribution in [-0.4, -0.2) is 35.3 Å². The predicted octanol–water partition coefficient (Wildman–Crippen LogP) is 0.527. The molecule has 1 N–H and O–H groups in total. The largest absolute Gasteiger partial charge is 0.342 e. The Morgan fingerprint density at radius 3 is 2.81 bits per heavy atom. The number of terminal acetylenes is 1. The molecule has 4 heteroatoms. The van der Waals surface area contributed by atoms with Gasteiger partial charge in [-0.2, -0.15) is 0 Å². The van der Waals surface area contributed by atoms with Crippen molar-refractivity contribution in [2.45, 2.75) is 38.6 Å². The summed E-state index contributed by atoms with van der Waals surface area (Å²) in [6, 6.07) is 0. The summed E-state index contributed by atoms with van der Waals surface area (Å²) in [5.74, 6) is 2.41. The van der Waals surface area contributed by atoms with E-state index in [1.807, 2.05) is 6.92 Å². The molecule has 16 heavy (non-hydrogen) atoms. The molecule has 1 rings (SSSR count). The molecule has 0 aromatic carbocycles. The summed E-state index contributed by atoms with van der Waals surface area (Å²) in [4.78, 5) is 25.4. The van der Waals surface area contributed by atoms with Crippen molar-refractivity contribution >= 4 is 11.8 Å². The van der Waals surface area contributed by atoms with Crippen LogP contribution in [0.25, 0.3) is 0 Å². The summed E-state index contributed by atoms with van der Waals surface area (Å²) < 4.78 is 0. The minimum atomic E-state index is -0.776. The molecule has 1 aliphatic rings. The van der Waals surface area contributed by atoms with Gasteiger partial charge in [-0.1, -0.05) is 6.92 Å². The van der Waals surface area contributed by atoms with E-state index in [9.17, 15) is 9.59 Å². The summed E-state index contributed by atoms with van der Waals surface area (Å²) >= 11 is 0. The third-order valence-corrected chi connectivity index (χ3v) is 3.02. The minimum Gasteiger partial charge on any atom is -0.342 e. The molecule has 0 spiro atoms. The minimum absolute atomic E-state index is 0.0314. The molecule has 0 aromatic rings. The molecule has 0 aromatic heterocycles. The number of amides is 2. The molecule has 1 saturated heterocycles. The van der Waals surface area contributed by atoms with Crippen LogP contribution in [0, 0.1) is 12.3 Å². The van der Waals surface area contributed by atoms with Gasteiger partial charge >= 0.3 is 0 Å². The van der Waals surface area contributed by atoms with Crippen molar-refractivity contribution in [3.05, 3.63) is 0 Å². The highest BCUT2D eigenvalue weighted by atomic mass is 16.2.